The summed E-state index contributed by atoms with van der Waals surface area (Å²) in [6.45, 7) is 14.1. The highest BCUT2D eigenvalue weighted by molar-refractivity contribution is 6.30. The number of benzene rings is 3. The number of carbonyl (C=O) groups is 2. The quantitative estimate of drug-likeness (QED) is 0.264. The Morgan fingerprint density at radius 3 is 2.06 bits per heavy atom. The van der Waals surface area contributed by atoms with E-state index in [1.54, 1.807) is 4.90 Å². The Balaban J connectivity index is 1.57. The smallest absolute Gasteiger partial charge is 0.326 e. The number of urea groups is 1. The molecule has 258 valence electrons. The molecular formula is C38H44Cl2N6O3. The second-order valence-electron chi connectivity index (χ2n) is 14.0. The van der Waals surface area contributed by atoms with E-state index in [1.165, 1.54) is 0 Å². The molecule has 49 heavy (non-hydrogen) atoms. The second kappa shape index (κ2) is 14.8. The molecule has 1 saturated heterocycles. The van der Waals surface area contributed by atoms with E-state index in [9.17, 15) is 14.9 Å². The van der Waals surface area contributed by atoms with Gasteiger partial charge in [0.2, 0.25) is 5.91 Å². The first-order chi connectivity index (χ1) is 23.2. The zero-order valence-electron chi connectivity index (χ0n) is 29.0. The van der Waals surface area contributed by atoms with Gasteiger partial charge < -0.3 is 15.0 Å². The van der Waals surface area contributed by atoms with Crippen molar-refractivity contribution >= 4 is 41.0 Å². The number of nitriles is 1. The Labute approximate surface area is 299 Å². The third-order valence-electron chi connectivity index (χ3n) is 8.74. The highest BCUT2D eigenvalue weighted by atomic mass is 35.5. The number of halogens is 2. The Kier molecular flexibility index (Phi) is 10.9. The standard InChI is InChI=1S/C38H44Cl2N6O3/c1-7-49-31-22-27(38(5,6)24-41)12-17-30(31)35-42-33(25-8-13-28(39)14-9-25)34(26-10-15-29(40)16-11-26)46(35)36(48)45-20-18-44(19-21-45)23-32(47)43-37(2,3)4/h8-17,22,33-34H,7,18-21,23H2,1-6H3,(H,43,47)/t33-,34+/m0/s1. The van der Waals surface area contributed by atoms with Gasteiger partial charge in [-0.3, -0.25) is 19.6 Å². The molecule has 3 aromatic carbocycles. The molecule has 2 atom stereocenters. The molecule has 5 rings (SSSR count). The zero-order chi connectivity index (χ0) is 35.5. The third kappa shape index (κ3) is 8.38. The molecule has 0 aliphatic carbocycles. The minimum absolute atomic E-state index is 0.0404. The molecule has 0 aromatic heterocycles. The fraction of sp³-hybridized carbons (Fsp3) is 0.421. The molecule has 9 nitrogen and oxygen atoms in total. The molecule has 1 fully saturated rings. The van der Waals surface area contributed by atoms with Crippen molar-refractivity contribution in [1.29, 1.82) is 5.26 Å². The molecule has 3 aromatic rings. The lowest BCUT2D eigenvalue weighted by atomic mass is 9.85. The van der Waals surface area contributed by atoms with Crippen LogP contribution < -0.4 is 10.1 Å². The number of amidine groups is 1. The number of nitrogens with one attached hydrogen (secondary N) is 1. The molecule has 0 bridgehead atoms. The van der Waals surface area contributed by atoms with Crippen LogP contribution in [0.15, 0.2) is 71.7 Å². The van der Waals surface area contributed by atoms with E-state index in [1.807, 2.05) is 113 Å². The van der Waals surface area contributed by atoms with Crippen molar-refractivity contribution in [2.24, 2.45) is 4.99 Å². The molecule has 0 radical (unpaired) electrons. The lowest BCUT2D eigenvalue weighted by Crippen LogP contribution is -2.56. The number of hydrogen-bond donors (Lipinski definition) is 1. The number of rotatable bonds is 8. The van der Waals surface area contributed by atoms with Crippen molar-refractivity contribution in [1.82, 2.24) is 20.0 Å². The molecule has 3 amide bonds. The largest absolute Gasteiger partial charge is 0.493 e. The van der Waals surface area contributed by atoms with Gasteiger partial charge in [0.25, 0.3) is 0 Å². The summed E-state index contributed by atoms with van der Waals surface area (Å²) in [5.41, 5.74) is 2.15. The normalized spacial score (nSPS) is 18.6. The number of ether oxygens (including phenoxy) is 1. The minimum atomic E-state index is -0.751. The highest BCUT2D eigenvalue weighted by Crippen LogP contribution is 2.46. The van der Waals surface area contributed by atoms with Crippen LogP contribution in [0.2, 0.25) is 10.0 Å². The maximum atomic E-state index is 14.9. The predicted octanol–water partition coefficient (Wildman–Crippen LogP) is 7.39. The van der Waals surface area contributed by atoms with Crippen LogP contribution in [0.25, 0.3) is 0 Å². The fourth-order valence-corrected chi connectivity index (χ4v) is 6.45. The average molecular weight is 704 g/mol. The number of amides is 3. The van der Waals surface area contributed by atoms with Crippen molar-refractivity contribution in [2.75, 3.05) is 39.3 Å². The molecule has 2 aliphatic rings. The van der Waals surface area contributed by atoms with Crippen LogP contribution >= 0.6 is 23.2 Å². The van der Waals surface area contributed by atoms with Crippen LogP contribution in [0, 0.1) is 11.3 Å². The summed E-state index contributed by atoms with van der Waals surface area (Å²) in [7, 11) is 0. The van der Waals surface area contributed by atoms with Crippen molar-refractivity contribution in [3.05, 3.63) is 99.0 Å². The lowest BCUT2D eigenvalue weighted by Gasteiger charge is -2.39. The van der Waals surface area contributed by atoms with Crippen molar-refractivity contribution in [3.8, 4) is 11.8 Å². The van der Waals surface area contributed by atoms with Crippen molar-refractivity contribution in [2.45, 2.75) is 64.6 Å². The number of aliphatic imine (C=N–C) groups is 1. The summed E-state index contributed by atoms with van der Waals surface area (Å²) in [5.74, 6) is 0.976. The summed E-state index contributed by atoms with van der Waals surface area (Å²) >= 11 is 12.6. The van der Waals surface area contributed by atoms with E-state index in [0.717, 1.165) is 16.7 Å². The number of hydrogen-bond acceptors (Lipinski definition) is 6. The van der Waals surface area contributed by atoms with Gasteiger partial charge in [-0.05, 0) is 94.6 Å². The van der Waals surface area contributed by atoms with Gasteiger partial charge in [0.15, 0.2) is 0 Å². The maximum Gasteiger partial charge on any atom is 0.326 e. The number of nitrogens with zero attached hydrogens (tertiary/aromatic N) is 5. The van der Waals surface area contributed by atoms with Crippen LogP contribution in [0.5, 0.6) is 5.75 Å². The summed E-state index contributed by atoms with van der Waals surface area (Å²) < 4.78 is 6.18. The molecule has 1 N–H and O–H groups in total. The Morgan fingerprint density at radius 1 is 0.918 bits per heavy atom. The highest BCUT2D eigenvalue weighted by Gasteiger charge is 2.45. The number of carbonyl (C=O) groups excluding carboxylic acids is 2. The second-order valence-corrected chi connectivity index (χ2v) is 14.9. The van der Waals surface area contributed by atoms with Gasteiger partial charge >= 0.3 is 6.03 Å². The first-order valence-corrected chi connectivity index (χ1v) is 17.4. The first-order valence-electron chi connectivity index (χ1n) is 16.6. The molecule has 0 unspecified atom stereocenters. The van der Waals surface area contributed by atoms with Gasteiger partial charge in [-0.25, -0.2) is 4.79 Å². The number of piperazine rings is 1. The Morgan fingerprint density at radius 2 is 1.51 bits per heavy atom. The van der Waals surface area contributed by atoms with Crippen LogP contribution in [0.3, 0.4) is 0 Å². The monoisotopic (exact) mass is 702 g/mol. The Hall–Kier alpha value is -4.10. The lowest BCUT2D eigenvalue weighted by molar-refractivity contribution is -0.124. The van der Waals surface area contributed by atoms with E-state index >= 15 is 0 Å². The van der Waals surface area contributed by atoms with Gasteiger partial charge in [0, 0.05) is 41.8 Å². The summed E-state index contributed by atoms with van der Waals surface area (Å²) in [6.07, 6.45) is 0. The fourth-order valence-electron chi connectivity index (χ4n) is 6.20. The summed E-state index contributed by atoms with van der Waals surface area (Å²) in [6, 6.07) is 21.9. The SMILES string of the molecule is CCOc1cc(C(C)(C)C#N)ccc1C1=N[C@@H](c2ccc(Cl)cc2)[C@@H](c2ccc(Cl)cc2)N1C(=O)N1CCN(CC(=O)NC(C)(C)C)CC1. The molecule has 11 heteroatoms. The Bertz CT molecular complexity index is 1740. The predicted molar refractivity (Wildman–Crippen MR) is 194 cm³/mol. The topological polar surface area (TPSA) is 101 Å². The van der Waals surface area contributed by atoms with Gasteiger partial charge in [-0.1, -0.05) is 53.5 Å². The molecule has 2 aliphatic heterocycles. The summed E-state index contributed by atoms with van der Waals surface area (Å²) in [5, 5.41) is 14.1. The molecule has 0 saturated carbocycles. The van der Waals surface area contributed by atoms with E-state index in [0.29, 0.717) is 60.0 Å². The van der Waals surface area contributed by atoms with Crippen molar-refractivity contribution < 1.29 is 14.3 Å². The van der Waals surface area contributed by atoms with Gasteiger partial charge in [0.1, 0.15) is 17.6 Å². The van der Waals surface area contributed by atoms with E-state index < -0.39 is 17.5 Å². The molecular weight excluding hydrogens is 659 g/mol. The first kappa shape index (κ1) is 36.2. The molecule has 2 heterocycles. The maximum absolute atomic E-state index is 14.9. The average Bonchev–Trinajstić information content (AvgIpc) is 3.45. The third-order valence-corrected chi connectivity index (χ3v) is 9.25. The van der Waals surface area contributed by atoms with E-state index in [2.05, 4.69) is 16.3 Å². The van der Waals surface area contributed by atoms with Crippen LogP contribution in [-0.4, -0.2) is 77.3 Å². The minimum Gasteiger partial charge on any atom is -0.493 e. The van der Waals surface area contributed by atoms with Crippen LogP contribution in [-0.2, 0) is 10.2 Å². The van der Waals surface area contributed by atoms with Crippen LogP contribution in [0.1, 0.15) is 75.9 Å². The summed E-state index contributed by atoms with van der Waals surface area (Å²) in [4.78, 5) is 38.5. The van der Waals surface area contributed by atoms with Gasteiger partial charge in [0.05, 0.1) is 36.2 Å². The zero-order valence-corrected chi connectivity index (χ0v) is 30.5. The van der Waals surface area contributed by atoms with Crippen LogP contribution in [0.4, 0.5) is 4.79 Å². The van der Waals surface area contributed by atoms with Gasteiger partial charge in [-0.2, -0.15) is 5.26 Å². The van der Waals surface area contributed by atoms with E-state index in [-0.39, 0.29) is 24.0 Å². The van der Waals surface area contributed by atoms with Gasteiger partial charge in [-0.15, -0.1) is 0 Å². The van der Waals surface area contributed by atoms with Crippen molar-refractivity contribution in [3.63, 3.8) is 0 Å². The molecule has 0 spiro atoms. The van der Waals surface area contributed by atoms with E-state index in [4.69, 9.17) is 32.9 Å².